The van der Waals surface area contributed by atoms with Crippen molar-refractivity contribution in [2.24, 2.45) is 5.73 Å². The Morgan fingerprint density at radius 2 is 2.18 bits per heavy atom. The van der Waals surface area contributed by atoms with Gasteiger partial charge in [-0.2, -0.15) is 0 Å². The van der Waals surface area contributed by atoms with Gasteiger partial charge in [-0.05, 0) is 25.0 Å². The van der Waals surface area contributed by atoms with Crippen LogP contribution >= 0.6 is 0 Å². The zero-order valence-electron chi connectivity index (χ0n) is 9.98. The lowest BCUT2D eigenvalue weighted by Crippen LogP contribution is -2.54. The van der Waals surface area contributed by atoms with Crippen LogP contribution in [0.1, 0.15) is 42.5 Å². The lowest BCUT2D eigenvalue weighted by atomic mass is 9.81. The molecule has 0 bridgehead atoms. The van der Waals surface area contributed by atoms with Crippen LogP contribution in [0.5, 0.6) is 0 Å². The van der Waals surface area contributed by atoms with Gasteiger partial charge in [-0.15, -0.1) is 0 Å². The van der Waals surface area contributed by atoms with E-state index in [0.717, 1.165) is 25.7 Å². The average molecular weight is 233 g/mol. The van der Waals surface area contributed by atoms with E-state index in [-0.39, 0.29) is 11.4 Å². The normalized spacial score (nSPS) is 18.6. The number of pyridine rings is 1. The summed E-state index contributed by atoms with van der Waals surface area (Å²) in [5.74, 6) is -0.0644. The fraction of sp³-hybridized carbons (Fsp3) is 0.538. The molecule has 0 aromatic carbocycles. The molecule has 17 heavy (non-hydrogen) atoms. The zero-order chi connectivity index (χ0) is 12.1. The summed E-state index contributed by atoms with van der Waals surface area (Å²) in [6, 6.07) is 3.54. The second-order valence-corrected chi connectivity index (χ2v) is 4.74. The molecule has 92 valence electrons. The van der Waals surface area contributed by atoms with Gasteiger partial charge in [0, 0.05) is 18.9 Å². The van der Waals surface area contributed by atoms with Crippen LogP contribution in [0.3, 0.4) is 0 Å². The van der Waals surface area contributed by atoms with Gasteiger partial charge in [-0.3, -0.25) is 9.78 Å². The Balaban J connectivity index is 2.06. The predicted octanol–water partition coefficient (Wildman–Crippen LogP) is 1.47. The van der Waals surface area contributed by atoms with Crippen LogP contribution < -0.4 is 11.1 Å². The number of amides is 1. The third kappa shape index (κ3) is 2.82. The molecule has 1 aliphatic rings. The number of hydrogen-bond donors (Lipinski definition) is 2. The lowest BCUT2D eigenvalue weighted by Gasteiger charge is -2.37. The molecule has 1 fully saturated rings. The summed E-state index contributed by atoms with van der Waals surface area (Å²) in [6.45, 7) is 0.513. The molecule has 1 saturated carbocycles. The van der Waals surface area contributed by atoms with Crippen molar-refractivity contribution in [3.63, 3.8) is 0 Å². The Labute approximate surface area is 102 Å². The van der Waals surface area contributed by atoms with Crippen LogP contribution in [0.25, 0.3) is 0 Å². The molecule has 0 saturated heterocycles. The monoisotopic (exact) mass is 233 g/mol. The molecule has 3 N–H and O–H groups in total. The second kappa shape index (κ2) is 5.27. The van der Waals surface area contributed by atoms with Gasteiger partial charge in [-0.25, -0.2) is 0 Å². The van der Waals surface area contributed by atoms with E-state index in [1.165, 1.54) is 6.42 Å². The smallest absolute Gasteiger partial charge is 0.253 e. The highest BCUT2D eigenvalue weighted by molar-refractivity contribution is 5.94. The minimum atomic E-state index is -0.203. The minimum absolute atomic E-state index is 0.0644. The number of aromatic nitrogens is 1. The number of rotatable bonds is 3. The van der Waals surface area contributed by atoms with Gasteiger partial charge in [-0.1, -0.05) is 19.3 Å². The maximum absolute atomic E-state index is 12.1. The molecule has 1 aromatic heterocycles. The number of carbonyl (C=O) groups excluding carboxylic acids is 1. The van der Waals surface area contributed by atoms with Gasteiger partial charge in [0.25, 0.3) is 5.91 Å². The maximum Gasteiger partial charge on any atom is 0.253 e. The molecule has 0 spiro atoms. The van der Waals surface area contributed by atoms with E-state index >= 15 is 0 Å². The summed E-state index contributed by atoms with van der Waals surface area (Å²) < 4.78 is 0. The quantitative estimate of drug-likeness (QED) is 0.830. The van der Waals surface area contributed by atoms with Gasteiger partial charge in [0.2, 0.25) is 0 Å². The first kappa shape index (κ1) is 12.0. The van der Waals surface area contributed by atoms with Gasteiger partial charge >= 0.3 is 0 Å². The SMILES string of the molecule is NCC1(NC(=O)c2cccnc2)CCCCC1. The van der Waals surface area contributed by atoms with Gasteiger partial charge in [0.15, 0.2) is 0 Å². The minimum Gasteiger partial charge on any atom is -0.345 e. The largest absolute Gasteiger partial charge is 0.345 e. The Bertz CT molecular complexity index is 372. The van der Waals surface area contributed by atoms with E-state index in [9.17, 15) is 4.79 Å². The molecule has 4 heteroatoms. The summed E-state index contributed by atoms with van der Waals surface area (Å²) >= 11 is 0. The van der Waals surface area contributed by atoms with Crippen molar-refractivity contribution < 1.29 is 4.79 Å². The molecule has 1 aliphatic carbocycles. The van der Waals surface area contributed by atoms with Crippen molar-refractivity contribution in [2.75, 3.05) is 6.54 Å². The predicted molar refractivity (Wildman–Crippen MR) is 66.6 cm³/mol. The summed E-state index contributed by atoms with van der Waals surface area (Å²) in [6.07, 6.45) is 8.74. The number of carbonyl (C=O) groups is 1. The lowest BCUT2D eigenvalue weighted by molar-refractivity contribution is 0.0874. The first-order chi connectivity index (χ1) is 8.26. The molecule has 0 atom stereocenters. The Kier molecular flexibility index (Phi) is 3.74. The van der Waals surface area contributed by atoms with Crippen LogP contribution in [0.15, 0.2) is 24.5 Å². The summed E-state index contributed by atoms with van der Waals surface area (Å²) in [4.78, 5) is 16.0. The molecule has 1 amide bonds. The third-order valence-corrected chi connectivity index (χ3v) is 3.50. The first-order valence-electron chi connectivity index (χ1n) is 6.18. The molecule has 1 aromatic rings. The molecule has 2 rings (SSSR count). The highest BCUT2D eigenvalue weighted by atomic mass is 16.1. The summed E-state index contributed by atoms with van der Waals surface area (Å²) in [7, 11) is 0. The molecule has 0 radical (unpaired) electrons. The van der Waals surface area contributed by atoms with Crippen molar-refractivity contribution in [3.05, 3.63) is 30.1 Å². The van der Waals surface area contributed by atoms with Crippen molar-refractivity contribution in [1.82, 2.24) is 10.3 Å². The third-order valence-electron chi connectivity index (χ3n) is 3.50. The van der Waals surface area contributed by atoms with Gasteiger partial charge in [0.1, 0.15) is 0 Å². The van der Waals surface area contributed by atoms with Gasteiger partial charge in [0.05, 0.1) is 11.1 Å². The summed E-state index contributed by atoms with van der Waals surface area (Å²) in [5, 5.41) is 3.09. The maximum atomic E-state index is 12.1. The first-order valence-corrected chi connectivity index (χ1v) is 6.18. The molecule has 0 aliphatic heterocycles. The zero-order valence-corrected chi connectivity index (χ0v) is 9.98. The molecular formula is C13H19N3O. The molecule has 1 heterocycles. The summed E-state index contributed by atoms with van der Waals surface area (Å²) in [5.41, 5.74) is 6.23. The number of nitrogens with zero attached hydrogens (tertiary/aromatic N) is 1. The average Bonchev–Trinajstić information content (AvgIpc) is 2.41. The highest BCUT2D eigenvalue weighted by Crippen LogP contribution is 2.27. The van der Waals surface area contributed by atoms with E-state index in [2.05, 4.69) is 10.3 Å². The fourth-order valence-electron chi connectivity index (χ4n) is 2.42. The van der Waals surface area contributed by atoms with Crippen LogP contribution in [0, 0.1) is 0 Å². The van der Waals surface area contributed by atoms with Crippen molar-refractivity contribution in [3.8, 4) is 0 Å². The van der Waals surface area contributed by atoms with E-state index in [0.29, 0.717) is 12.1 Å². The Morgan fingerprint density at radius 3 is 2.76 bits per heavy atom. The second-order valence-electron chi connectivity index (χ2n) is 4.74. The van der Waals surface area contributed by atoms with Crippen LogP contribution in [0.2, 0.25) is 0 Å². The van der Waals surface area contributed by atoms with Crippen LogP contribution in [0.4, 0.5) is 0 Å². The topological polar surface area (TPSA) is 68.0 Å². The fourth-order valence-corrected chi connectivity index (χ4v) is 2.42. The number of hydrogen-bond acceptors (Lipinski definition) is 3. The molecular weight excluding hydrogens is 214 g/mol. The molecule has 4 nitrogen and oxygen atoms in total. The number of nitrogens with one attached hydrogen (secondary N) is 1. The van der Waals surface area contributed by atoms with E-state index in [4.69, 9.17) is 5.73 Å². The Hall–Kier alpha value is -1.42. The van der Waals surface area contributed by atoms with Crippen molar-refractivity contribution >= 4 is 5.91 Å². The van der Waals surface area contributed by atoms with Crippen LogP contribution in [-0.4, -0.2) is 23.0 Å². The standard InChI is InChI=1S/C13H19N3O/c14-10-13(6-2-1-3-7-13)16-12(17)11-5-4-8-15-9-11/h4-5,8-9H,1-3,6-7,10,14H2,(H,16,17). The van der Waals surface area contributed by atoms with Gasteiger partial charge < -0.3 is 11.1 Å². The number of nitrogens with two attached hydrogens (primary N) is 1. The Morgan fingerprint density at radius 1 is 1.41 bits per heavy atom. The van der Waals surface area contributed by atoms with E-state index in [1.54, 1.807) is 24.5 Å². The molecule has 0 unspecified atom stereocenters. The van der Waals surface area contributed by atoms with Crippen molar-refractivity contribution in [2.45, 2.75) is 37.6 Å². The highest BCUT2D eigenvalue weighted by Gasteiger charge is 2.32. The van der Waals surface area contributed by atoms with Crippen molar-refractivity contribution in [1.29, 1.82) is 0 Å². The van der Waals surface area contributed by atoms with Crippen LogP contribution in [-0.2, 0) is 0 Å². The van der Waals surface area contributed by atoms with E-state index < -0.39 is 0 Å². The van der Waals surface area contributed by atoms with E-state index in [1.807, 2.05) is 0 Å².